The molecule has 0 heterocycles. The van der Waals surface area contributed by atoms with Crippen LogP contribution in [-0.2, 0) is 4.79 Å². The molecule has 0 aliphatic heterocycles. The molecule has 1 atom stereocenters. The van der Waals surface area contributed by atoms with Gasteiger partial charge in [-0.25, -0.2) is 0 Å². The van der Waals surface area contributed by atoms with Crippen LogP contribution in [0, 0.1) is 0 Å². The maximum Gasteiger partial charge on any atom is 0.160 e. The monoisotopic (exact) mass is 238 g/mol. The van der Waals surface area contributed by atoms with Crippen molar-refractivity contribution in [2.75, 3.05) is 13.7 Å². The zero-order valence-electron chi connectivity index (χ0n) is 10.1. The summed E-state index contributed by atoms with van der Waals surface area (Å²) < 4.78 is 5.02. The van der Waals surface area contributed by atoms with E-state index in [-0.39, 0.29) is 24.1 Å². The van der Waals surface area contributed by atoms with Crippen molar-refractivity contribution < 1.29 is 19.7 Å². The summed E-state index contributed by atoms with van der Waals surface area (Å²) >= 11 is 0. The highest BCUT2D eigenvalue weighted by Crippen LogP contribution is 2.32. The van der Waals surface area contributed by atoms with Crippen LogP contribution in [0.25, 0.3) is 0 Å². The molecule has 0 aromatic heterocycles. The lowest BCUT2D eigenvalue weighted by Gasteiger charge is -2.16. The number of hydrogen-bond acceptors (Lipinski definition) is 4. The zero-order valence-corrected chi connectivity index (χ0v) is 10.1. The van der Waals surface area contributed by atoms with Crippen LogP contribution in [0.4, 0.5) is 0 Å². The summed E-state index contributed by atoms with van der Waals surface area (Å²) in [5.41, 5.74) is 0.893. The predicted octanol–water partition coefficient (Wildman–Crippen LogP) is 1.85. The van der Waals surface area contributed by atoms with Crippen LogP contribution in [0.3, 0.4) is 0 Å². The van der Waals surface area contributed by atoms with E-state index in [2.05, 4.69) is 0 Å². The number of ketones is 1. The molecule has 0 fully saturated rings. The van der Waals surface area contributed by atoms with E-state index in [0.29, 0.717) is 18.6 Å². The number of carbonyl (C=O) groups excluding carboxylic acids is 1. The molecule has 0 saturated carbocycles. The Labute approximate surface area is 101 Å². The highest BCUT2D eigenvalue weighted by atomic mass is 16.5. The number of phenolic OH excluding ortho intramolecular Hbond substituents is 1. The molecule has 0 saturated heterocycles. The van der Waals surface area contributed by atoms with Crippen molar-refractivity contribution in [3.8, 4) is 11.5 Å². The summed E-state index contributed by atoms with van der Waals surface area (Å²) in [5, 5.41) is 18.5. The van der Waals surface area contributed by atoms with Gasteiger partial charge in [0, 0.05) is 13.0 Å². The van der Waals surface area contributed by atoms with Gasteiger partial charge in [0.25, 0.3) is 0 Å². The summed E-state index contributed by atoms with van der Waals surface area (Å²) in [6, 6.07) is 5.00. The molecule has 4 heteroatoms. The first-order valence-electron chi connectivity index (χ1n) is 5.55. The van der Waals surface area contributed by atoms with E-state index in [9.17, 15) is 9.90 Å². The molecule has 1 rings (SSSR count). The van der Waals surface area contributed by atoms with Gasteiger partial charge in [-0.3, -0.25) is 0 Å². The summed E-state index contributed by atoms with van der Waals surface area (Å²) in [6.45, 7) is 1.56. The minimum Gasteiger partial charge on any atom is -0.504 e. The molecule has 1 aromatic rings. The number of hydrogen-bond donors (Lipinski definition) is 2. The van der Waals surface area contributed by atoms with Crippen LogP contribution in [-0.4, -0.2) is 29.7 Å². The lowest BCUT2D eigenvalue weighted by molar-refractivity contribution is -0.117. The Morgan fingerprint density at radius 1 is 1.47 bits per heavy atom. The van der Waals surface area contributed by atoms with Crippen LogP contribution < -0.4 is 4.74 Å². The number of rotatable bonds is 6. The average Bonchev–Trinajstić information content (AvgIpc) is 2.28. The Kier molecular flexibility index (Phi) is 4.97. The SMILES string of the molecule is COc1cc(C(CCO)CC(C)=O)ccc1O. The average molecular weight is 238 g/mol. The van der Waals surface area contributed by atoms with E-state index in [1.807, 2.05) is 0 Å². The smallest absolute Gasteiger partial charge is 0.160 e. The van der Waals surface area contributed by atoms with Gasteiger partial charge in [-0.15, -0.1) is 0 Å². The number of Topliss-reactive ketones (excluding diaryl/α,β-unsaturated/α-hetero) is 1. The minimum absolute atomic E-state index is 0.0289. The first kappa shape index (κ1) is 13.5. The molecular formula is C13H18O4. The fourth-order valence-corrected chi connectivity index (χ4v) is 1.84. The summed E-state index contributed by atoms with van der Waals surface area (Å²) in [4.78, 5) is 11.2. The largest absolute Gasteiger partial charge is 0.504 e. The van der Waals surface area contributed by atoms with Crippen molar-refractivity contribution in [3.63, 3.8) is 0 Å². The lowest BCUT2D eigenvalue weighted by atomic mass is 9.91. The number of benzene rings is 1. The Bertz CT molecular complexity index is 387. The topological polar surface area (TPSA) is 66.8 Å². The maximum atomic E-state index is 11.2. The summed E-state index contributed by atoms with van der Waals surface area (Å²) in [6.07, 6.45) is 0.905. The minimum atomic E-state index is -0.0352. The van der Waals surface area contributed by atoms with E-state index in [1.165, 1.54) is 14.0 Å². The fourth-order valence-electron chi connectivity index (χ4n) is 1.84. The number of carbonyl (C=O) groups is 1. The normalized spacial score (nSPS) is 12.2. The molecule has 17 heavy (non-hydrogen) atoms. The van der Waals surface area contributed by atoms with Gasteiger partial charge in [0.1, 0.15) is 5.78 Å². The summed E-state index contributed by atoms with van der Waals surface area (Å²) in [7, 11) is 1.48. The quantitative estimate of drug-likeness (QED) is 0.793. The Hall–Kier alpha value is -1.55. The third-order valence-electron chi connectivity index (χ3n) is 2.69. The number of phenols is 1. The van der Waals surface area contributed by atoms with Crippen molar-refractivity contribution in [1.29, 1.82) is 0 Å². The number of aliphatic hydroxyl groups is 1. The van der Waals surface area contributed by atoms with E-state index >= 15 is 0 Å². The molecule has 0 aliphatic carbocycles. The van der Waals surface area contributed by atoms with E-state index in [1.54, 1.807) is 18.2 Å². The second kappa shape index (κ2) is 6.25. The Morgan fingerprint density at radius 2 is 2.18 bits per heavy atom. The molecule has 94 valence electrons. The standard InChI is InChI=1S/C13H18O4/c1-9(15)7-11(5-6-14)10-3-4-12(16)13(8-10)17-2/h3-4,8,11,14,16H,5-7H2,1-2H3. The summed E-state index contributed by atoms with van der Waals surface area (Å²) in [5.74, 6) is 0.498. The van der Waals surface area contributed by atoms with Crippen LogP contribution in [0.2, 0.25) is 0 Å². The molecule has 4 nitrogen and oxygen atoms in total. The fraction of sp³-hybridized carbons (Fsp3) is 0.462. The number of methoxy groups -OCH3 is 1. The molecular weight excluding hydrogens is 220 g/mol. The first-order valence-corrected chi connectivity index (χ1v) is 5.55. The lowest BCUT2D eigenvalue weighted by Crippen LogP contribution is -2.06. The molecule has 0 bridgehead atoms. The molecule has 0 spiro atoms. The van der Waals surface area contributed by atoms with Gasteiger partial charge in [-0.05, 0) is 37.0 Å². The van der Waals surface area contributed by atoms with Crippen molar-refractivity contribution >= 4 is 5.78 Å². The molecule has 0 amide bonds. The molecule has 2 N–H and O–H groups in total. The number of aliphatic hydroxyl groups excluding tert-OH is 1. The van der Waals surface area contributed by atoms with Gasteiger partial charge in [0.2, 0.25) is 0 Å². The van der Waals surface area contributed by atoms with E-state index in [0.717, 1.165) is 5.56 Å². The molecule has 0 aliphatic rings. The second-order valence-electron chi connectivity index (χ2n) is 4.05. The van der Waals surface area contributed by atoms with E-state index in [4.69, 9.17) is 9.84 Å². The van der Waals surface area contributed by atoms with Gasteiger partial charge in [0.05, 0.1) is 7.11 Å². The maximum absolute atomic E-state index is 11.2. The van der Waals surface area contributed by atoms with Crippen molar-refractivity contribution in [1.82, 2.24) is 0 Å². The van der Waals surface area contributed by atoms with Crippen LogP contribution in [0.1, 0.15) is 31.2 Å². The second-order valence-corrected chi connectivity index (χ2v) is 4.05. The van der Waals surface area contributed by atoms with Crippen molar-refractivity contribution in [2.24, 2.45) is 0 Å². The zero-order chi connectivity index (χ0) is 12.8. The van der Waals surface area contributed by atoms with Gasteiger partial charge in [-0.1, -0.05) is 6.07 Å². The van der Waals surface area contributed by atoms with Crippen molar-refractivity contribution in [2.45, 2.75) is 25.7 Å². The van der Waals surface area contributed by atoms with Gasteiger partial charge < -0.3 is 19.7 Å². The van der Waals surface area contributed by atoms with Gasteiger partial charge in [0.15, 0.2) is 11.5 Å². The molecule has 1 aromatic carbocycles. The van der Waals surface area contributed by atoms with Crippen LogP contribution in [0.15, 0.2) is 18.2 Å². The Morgan fingerprint density at radius 3 is 2.71 bits per heavy atom. The molecule has 0 radical (unpaired) electrons. The third-order valence-corrected chi connectivity index (χ3v) is 2.69. The number of ether oxygens (including phenoxy) is 1. The first-order chi connectivity index (χ1) is 8.08. The molecule has 1 unspecified atom stereocenters. The third kappa shape index (κ3) is 3.75. The Balaban J connectivity index is 2.96. The highest BCUT2D eigenvalue weighted by Gasteiger charge is 2.15. The van der Waals surface area contributed by atoms with Crippen molar-refractivity contribution in [3.05, 3.63) is 23.8 Å². The van der Waals surface area contributed by atoms with Crippen LogP contribution >= 0.6 is 0 Å². The van der Waals surface area contributed by atoms with Gasteiger partial charge >= 0.3 is 0 Å². The number of aromatic hydroxyl groups is 1. The van der Waals surface area contributed by atoms with E-state index < -0.39 is 0 Å². The van der Waals surface area contributed by atoms with Gasteiger partial charge in [-0.2, -0.15) is 0 Å². The van der Waals surface area contributed by atoms with Crippen LogP contribution in [0.5, 0.6) is 11.5 Å². The highest BCUT2D eigenvalue weighted by molar-refractivity contribution is 5.76. The predicted molar refractivity (Wildman–Crippen MR) is 64.4 cm³/mol.